The van der Waals surface area contributed by atoms with E-state index in [1.54, 1.807) is 0 Å². The summed E-state index contributed by atoms with van der Waals surface area (Å²) >= 11 is 4.69. The van der Waals surface area contributed by atoms with Gasteiger partial charge in [-0.2, -0.15) is 0 Å². The van der Waals surface area contributed by atoms with Gasteiger partial charge in [-0.25, -0.2) is 8.42 Å². The molecule has 9 heteroatoms. The third-order valence-corrected chi connectivity index (χ3v) is 6.70. The molecule has 1 aliphatic rings. The summed E-state index contributed by atoms with van der Waals surface area (Å²) in [5.41, 5.74) is 4.67. The third-order valence-electron chi connectivity index (χ3n) is 3.33. The molecule has 23 heavy (non-hydrogen) atoms. The lowest BCUT2D eigenvalue weighted by atomic mass is 10.1. The highest BCUT2D eigenvalue weighted by atomic mass is 79.9. The molecule has 2 N–H and O–H groups in total. The fourth-order valence-electron chi connectivity index (χ4n) is 2.20. The van der Waals surface area contributed by atoms with Gasteiger partial charge in [0.1, 0.15) is 0 Å². The fourth-order valence-corrected chi connectivity index (χ4v) is 5.03. The van der Waals surface area contributed by atoms with Gasteiger partial charge in [-0.15, -0.1) is 11.8 Å². The average Bonchev–Trinajstić information content (AvgIpc) is 2.83. The Kier molecular flexibility index (Phi) is 6.49. The molecule has 0 saturated carbocycles. The highest BCUT2D eigenvalue weighted by molar-refractivity contribution is 9.10. The van der Waals surface area contributed by atoms with Crippen LogP contribution < -0.4 is 10.9 Å². The number of rotatable bonds is 5. The minimum absolute atomic E-state index is 0.0494. The van der Waals surface area contributed by atoms with E-state index in [2.05, 4.69) is 26.8 Å². The van der Waals surface area contributed by atoms with Crippen molar-refractivity contribution in [2.24, 2.45) is 5.92 Å². The Morgan fingerprint density at radius 3 is 2.43 bits per heavy atom. The SMILES string of the molecule is O=C(CSc1ccc(Br)cc1)NNC(=O)CC1CCS(=O)(=O)C1. The van der Waals surface area contributed by atoms with Crippen molar-refractivity contribution in [3.63, 3.8) is 0 Å². The molecule has 0 spiro atoms. The lowest BCUT2D eigenvalue weighted by molar-refractivity contribution is -0.128. The molecule has 0 aromatic heterocycles. The number of benzene rings is 1. The number of hydrazine groups is 1. The van der Waals surface area contributed by atoms with Crippen LogP contribution in [-0.2, 0) is 19.4 Å². The second-order valence-corrected chi connectivity index (χ2v) is 9.51. The molecule has 1 unspecified atom stereocenters. The summed E-state index contributed by atoms with van der Waals surface area (Å²) in [7, 11) is -2.99. The maximum absolute atomic E-state index is 11.7. The number of nitrogens with one attached hydrogen (secondary N) is 2. The first-order valence-corrected chi connectivity index (χ1v) is 10.6. The first kappa shape index (κ1) is 18.3. The fraction of sp³-hybridized carbons (Fsp3) is 0.429. The predicted molar refractivity (Wildman–Crippen MR) is 92.5 cm³/mol. The Balaban J connectivity index is 1.66. The monoisotopic (exact) mass is 420 g/mol. The van der Waals surface area contributed by atoms with Crippen molar-refractivity contribution in [1.29, 1.82) is 0 Å². The molecule has 0 radical (unpaired) electrons. The van der Waals surface area contributed by atoms with Crippen LogP contribution in [0.4, 0.5) is 0 Å². The van der Waals surface area contributed by atoms with Crippen molar-refractivity contribution in [1.82, 2.24) is 10.9 Å². The van der Waals surface area contributed by atoms with Crippen molar-refractivity contribution in [3.05, 3.63) is 28.7 Å². The zero-order valence-electron chi connectivity index (χ0n) is 12.2. The van der Waals surface area contributed by atoms with Gasteiger partial charge in [0.25, 0.3) is 0 Å². The Morgan fingerprint density at radius 1 is 1.17 bits per heavy atom. The second kappa shape index (κ2) is 8.16. The van der Waals surface area contributed by atoms with E-state index in [9.17, 15) is 18.0 Å². The third kappa shape index (κ3) is 6.52. The smallest absolute Gasteiger partial charge is 0.248 e. The number of thioether (sulfide) groups is 1. The van der Waals surface area contributed by atoms with Crippen LogP contribution in [0.15, 0.2) is 33.6 Å². The molecule has 1 aliphatic heterocycles. The first-order valence-electron chi connectivity index (χ1n) is 7.00. The van der Waals surface area contributed by atoms with Crippen molar-refractivity contribution in [3.8, 4) is 0 Å². The van der Waals surface area contributed by atoms with Crippen molar-refractivity contribution in [2.45, 2.75) is 17.7 Å². The van der Waals surface area contributed by atoms with Crippen LogP contribution in [0, 0.1) is 5.92 Å². The molecule has 1 atom stereocenters. The topological polar surface area (TPSA) is 92.3 Å². The van der Waals surface area contributed by atoms with Crippen LogP contribution in [0.2, 0.25) is 0 Å². The summed E-state index contributed by atoms with van der Waals surface area (Å²) in [5, 5.41) is 0. The summed E-state index contributed by atoms with van der Waals surface area (Å²) in [6, 6.07) is 7.55. The van der Waals surface area contributed by atoms with Crippen LogP contribution in [0.25, 0.3) is 0 Å². The molecule has 1 aromatic carbocycles. The molecular weight excluding hydrogens is 404 g/mol. The number of carbonyl (C=O) groups excluding carboxylic acids is 2. The summed E-state index contributed by atoms with van der Waals surface area (Å²) in [6.07, 6.45) is 0.614. The lowest BCUT2D eigenvalue weighted by Crippen LogP contribution is -2.43. The van der Waals surface area contributed by atoms with E-state index in [4.69, 9.17) is 0 Å². The van der Waals surface area contributed by atoms with Crippen LogP contribution in [0.5, 0.6) is 0 Å². The van der Waals surface area contributed by atoms with E-state index < -0.39 is 9.84 Å². The molecule has 1 aromatic rings. The van der Waals surface area contributed by atoms with Crippen LogP contribution in [-0.4, -0.2) is 37.5 Å². The molecule has 0 bridgehead atoms. The van der Waals surface area contributed by atoms with Crippen LogP contribution in [0.3, 0.4) is 0 Å². The second-order valence-electron chi connectivity index (χ2n) is 5.31. The van der Waals surface area contributed by atoms with Crippen molar-refractivity contribution in [2.75, 3.05) is 17.3 Å². The van der Waals surface area contributed by atoms with Gasteiger partial charge in [0.05, 0.1) is 17.3 Å². The van der Waals surface area contributed by atoms with Gasteiger partial charge >= 0.3 is 0 Å². The quantitative estimate of drug-likeness (QED) is 0.556. The Hall–Kier alpha value is -1.06. The van der Waals surface area contributed by atoms with E-state index in [1.165, 1.54) is 11.8 Å². The van der Waals surface area contributed by atoms with Crippen LogP contribution >= 0.6 is 27.7 Å². The highest BCUT2D eigenvalue weighted by Gasteiger charge is 2.29. The molecule has 1 fully saturated rings. The van der Waals surface area contributed by atoms with Crippen molar-refractivity contribution >= 4 is 49.3 Å². The highest BCUT2D eigenvalue weighted by Crippen LogP contribution is 2.21. The molecular formula is C14H17BrN2O4S2. The molecule has 0 aliphatic carbocycles. The largest absolute Gasteiger partial charge is 0.273 e. The first-order chi connectivity index (χ1) is 10.8. The van der Waals surface area contributed by atoms with Gasteiger partial charge in [0, 0.05) is 15.8 Å². The standard InChI is InChI=1S/C14H17BrN2O4S2/c15-11-1-3-12(4-2-11)22-8-14(19)17-16-13(18)7-10-5-6-23(20,21)9-10/h1-4,10H,5-9H2,(H,16,18)(H,17,19). The maximum Gasteiger partial charge on any atom is 0.248 e. The Morgan fingerprint density at radius 2 is 1.83 bits per heavy atom. The maximum atomic E-state index is 11.7. The van der Waals surface area contributed by atoms with E-state index in [-0.39, 0.29) is 41.4 Å². The average molecular weight is 421 g/mol. The molecule has 2 rings (SSSR count). The normalized spacial score (nSPS) is 19.3. The summed E-state index contributed by atoms with van der Waals surface area (Å²) in [5.74, 6) is -0.470. The predicted octanol–water partition coefficient (Wildman–Crippen LogP) is 1.51. The molecule has 6 nitrogen and oxygen atoms in total. The number of hydrogen-bond acceptors (Lipinski definition) is 5. The molecule has 1 heterocycles. The summed E-state index contributed by atoms with van der Waals surface area (Å²) < 4.78 is 23.6. The Bertz CT molecular complexity index is 677. The number of halogens is 1. The van der Waals surface area contributed by atoms with E-state index >= 15 is 0 Å². The number of hydrogen-bond donors (Lipinski definition) is 2. The minimum Gasteiger partial charge on any atom is -0.273 e. The molecule has 126 valence electrons. The van der Waals surface area contributed by atoms with E-state index in [1.807, 2.05) is 24.3 Å². The van der Waals surface area contributed by atoms with Crippen molar-refractivity contribution < 1.29 is 18.0 Å². The molecule has 2 amide bonds. The summed E-state index contributed by atoms with van der Waals surface area (Å²) in [6.45, 7) is 0. The Labute approximate surface area is 147 Å². The lowest BCUT2D eigenvalue weighted by Gasteiger charge is -2.10. The van der Waals surface area contributed by atoms with Crippen LogP contribution in [0.1, 0.15) is 12.8 Å². The molecule has 1 saturated heterocycles. The van der Waals surface area contributed by atoms with E-state index in [0.29, 0.717) is 6.42 Å². The zero-order chi connectivity index (χ0) is 16.9. The van der Waals surface area contributed by atoms with Gasteiger partial charge in [-0.05, 0) is 36.6 Å². The number of amides is 2. The minimum atomic E-state index is -2.99. The zero-order valence-corrected chi connectivity index (χ0v) is 15.5. The number of sulfone groups is 1. The van der Waals surface area contributed by atoms with E-state index in [0.717, 1.165) is 9.37 Å². The van der Waals surface area contributed by atoms with Gasteiger partial charge in [-0.3, -0.25) is 20.4 Å². The van der Waals surface area contributed by atoms with Gasteiger partial charge in [0.2, 0.25) is 11.8 Å². The summed E-state index contributed by atoms with van der Waals surface area (Å²) in [4.78, 5) is 24.3. The van der Waals surface area contributed by atoms with Gasteiger partial charge < -0.3 is 0 Å². The van der Waals surface area contributed by atoms with Gasteiger partial charge in [-0.1, -0.05) is 15.9 Å². The number of carbonyl (C=O) groups is 2. The van der Waals surface area contributed by atoms with Gasteiger partial charge in [0.15, 0.2) is 9.84 Å².